The van der Waals surface area contributed by atoms with Crippen LogP contribution in [-0.2, 0) is 0 Å². The van der Waals surface area contributed by atoms with Crippen LogP contribution in [0.25, 0.3) is 0 Å². The molecule has 2 aromatic carbocycles. The van der Waals surface area contributed by atoms with E-state index in [9.17, 15) is 0 Å². The predicted molar refractivity (Wildman–Crippen MR) is 103 cm³/mol. The van der Waals surface area contributed by atoms with Crippen LogP contribution in [0.5, 0.6) is 0 Å². The molecule has 0 N–H and O–H groups in total. The zero-order valence-electron chi connectivity index (χ0n) is 12.7. The third-order valence-electron chi connectivity index (χ3n) is 3.30. The fourth-order valence-electron chi connectivity index (χ4n) is 2.32. The Morgan fingerprint density at radius 3 is 1.86 bits per heavy atom. The number of benzene rings is 2. The van der Waals surface area contributed by atoms with Crippen LogP contribution in [0.1, 0.15) is 0 Å². The van der Waals surface area contributed by atoms with E-state index in [2.05, 4.69) is 95.0 Å². The lowest BCUT2D eigenvalue weighted by molar-refractivity contribution is 0.418. The molecule has 1 heterocycles. The number of rotatable bonds is 3. The summed E-state index contributed by atoms with van der Waals surface area (Å²) in [7, 11) is 4.24. The number of para-hydroxylation sites is 2. The number of fused-ring (bicyclic) bond motifs is 2. The molecule has 1 aliphatic rings. The first-order valence-corrected chi connectivity index (χ1v) is 9.89. The quantitative estimate of drug-likeness (QED) is 0.523. The molecule has 0 saturated carbocycles. The number of hydrogen-bond donors (Lipinski definition) is 0. The Bertz CT molecular complexity index is 541. The lowest BCUT2D eigenvalue weighted by Crippen LogP contribution is -2.29. The maximum absolute atomic E-state index is 2.43. The monoisotopic (exact) mass is 412 g/mol. The predicted octanol–water partition coefficient (Wildman–Crippen LogP) is 4.90. The average Bonchev–Trinajstić information content (AvgIpc) is 2.53. The van der Waals surface area contributed by atoms with Gasteiger partial charge < -0.3 is 9.80 Å². The maximum Gasteiger partial charge on any atom is 0.0553 e. The smallest absolute Gasteiger partial charge is 0.0553 e. The van der Waals surface area contributed by atoms with Crippen molar-refractivity contribution in [3.63, 3.8) is 0 Å². The number of alkyl halides is 1. The van der Waals surface area contributed by atoms with Gasteiger partial charge in [0.15, 0.2) is 0 Å². The van der Waals surface area contributed by atoms with Gasteiger partial charge in [0, 0.05) is 22.9 Å². The van der Waals surface area contributed by atoms with Crippen molar-refractivity contribution in [1.82, 2.24) is 4.90 Å². The van der Waals surface area contributed by atoms with E-state index >= 15 is 0 Å². The van der Waals surface area contributed by atoms with E-state index in [-0.39, 0.29) is 0 Å². The summed E-state index contributed by atoms with van der Waals surface area (Å²) in [5.74, 6) is 0. The summed E-state index contributed by atoms with van der Waals surface area (Å²) < 4.78 is 0. The van der Waals surface area contributed by atoms with Crippen LogP contribution in [0.15, 0.2) is 58.3 Å². The van der Waals surface area contributed by atoms with Gasteiger partial charge in [-0.1, -0.05) is 58.6 Å². The van der Waals surface area contributed by atoms with Crippen molar-refractivity contribution in [2.24, 2.45) is 0 Å². The molecule has 1 aliphatic heterocycles. The van der Waals surface area contributed by atoms with Gasteiger partial charge in [0.05, 0.1) is 11.4 Å². The Morgan fingerprint density at radius 2 is 1.38 bits per heavy atom. The summed E-state index contributed by atoms with van der Waals surface area (Å²) in [6.07, 6.45) is 0. The molecule has 4 heteroatoms. The SMILES string of the molecule is CI.CN(C)CCN1c2ccccc2Sc2ccccc21. The molecule has 0 aliphatic carbocycles. The zero-order chi connectivity index (χ0) is 15.2. The van der Waals surface area contributed by atoms with Crippen LogP contribution in [0.4, 0.5) is 11.4 Å². The first-order chi connectivity index (χ1) is 10.3. The molecule has 2 aromatic rings. The zero-order valence-corrected chi connectivity index (χ0v) is 15.7. The van der Waals surface area contributed by atoms with Crippen LogP contribution in [0.3, 0.4) is 0 Å². The van der Waals surface area contributed by atoms with Crippen molar-refractivity contribution in [1.29, 1.82) is 0 Å². The van der Waals surface area contributed by atoms with Gasteiger partial charge in [-0.3, -0.25) is 0 Å². The molecule has 21 heavy (non-hydrogen) atoms. The van der Waals surface area contributed by atoms with Gasteiger partial charge in [-0.05, 0) is 43.3 Å². The van der Waals surface area contributed by atoms with E-state index in [1.54, 1.807) is 0 Å². The second-order valence-corrected chi connectivity index (χ2v) is 6.08. The maximum atomic E-state index is 2.43. The highest BCUT2D eigenvalue weighted by molar-refractivity contribution is 14.1. The van der Waals surface area contributed by atoms with Crippen LogP contribution >= 0.6 is 34.4 Å². The van der Waals surface area contributed by atoms with Crippen LogP contribution in [-0.4, -0.2) is 37.0 Å². The molecule has 0 spiro atoms. The number of likely N-dealkylation sites (N-methyl/N-ethyl adjacent to an activating group) is 1. The van der Waals surface area contributed by atoms with Crippen molar-refractivity contribution in [3.05, 3.63) is 48.5 Å². The molecule has 0 saturated heterocycles. The number of anilines is 2. The third kappa shape index (κ3) is 3.93. The normalized spacial score (nSPS) is 12.3. The lowest BCUT2D eigenvalue weighted by atomic mass is 10.2. The minimum atomic E-state index is 1.02. The fourth-order valence-corrected chi connectivity index (χ4v) is 3.42. The molecule has 2 nitrogen and oxygen atoms in total. The summed E-state index contributed by atoms with van der Waals surface area (Å²) in [6, 6.07) is 17.3. The van der Waals surface area contributed by atoms with Crippen molar-refractivity contribution in [2.45, 2.75) is 9.79 Å². The first-order valence-electron chi connectivity index (χ1n) is 6.92. The van der Waals surface area contributed by atoms with Gasteiger partial charge >= 0.3 is 0 Å². The van der Waals surface area contributed by atoms with Crippen LogP contribution < -0.4 is 4.90 Å². The van der Waals surface area contributed by atoms with Gasteiger partial charge in [-0.25, -0.2) is 0 Å². The fraction of sp³-hybridized carbons (Fsp3) is 0.294. The summed E-state index contributed by atoms with van der Waals surface area (Å²) in [6.45, 7) is 2.06. The highest BCUT2D eigenvalue weighted by Crippen LogP contribution is 2.47. The van der Waals surface area contributed by atoms with Gasteiger partial charge in [0.1, 0.15) is 0 Å². The number of halogens is 1. The number of nitrogens with zero attached hydrogens (tertiary/aromatic N) is 2. The molecule has 0 amide bonds. The summed E-state index contributed by atoms with van der Waals surface area (Å²) >= 11 is 4.02. The van der Waals surface area contributed by atoms with Gasteiger partial charge in [-0.2, -0.15) is 0 Å². The van der Waals surface area contributed by atoms with Gasteiger partial charge in [0.2, 0.25) is 0 Å². The van der Waals surface area contributed by atoms with E-state index in [1.165, 1.54) is 21.2 Å². The minimum absolute atomic E-state index is 1.02. The molecule has 0 aromatic heterocycles. The van der Waals surface area contributed by atoms with Crippen LogP contribution in [0, 0.1) is 0 Å². The van der Waals surface area contributed by atoms with Gasteiger partial charge in [0.25, 0.3) is 0 Å². The summed E-state index contributed by atoms with van der Waals surface area (Å²) in [4.78, 5) is 9.33. The topological polar surface area (TPSA) is 6.48 Å². The first kappa shape index (κ1) is 16.6. The number of hydrogen-bond acceptors (Lipinski definition) is 3. The van der Waals surface area contributed by atoms with Crippen molar-refractivity contribution >= 4 is 45.7 Å². The van der Waals surface area contributed by atoms with E-state index in [1.807, 2.05) is 16.7 Å². The second-order valence-electron chi connectivity index (χ2n) is 4.99. The Labute approximate surface area is 145 Å². The molecule has 0 fully saturated rings. The molecule has 0 unspecified atom stereocenters. The average molecular weight is 412 g/mol. The van der Waals surface area contributed by atoms with Crippen LogP contribution in [0.2, 0.25) is 0 Å². The Balaban J connectivity index is 0.000000774. The second kappa shape index (κ2) is 8.06. The third-order valence-corrected chi connectivity index (χ3v) is 4.43. The standard InChI is InChI=1S/C16H18N2S.CH3I/c1-17(2)11-12-18-13-7-3-5-9-15(13)19-16-10-6-4-8-14(16)18;1-2/h3-10H,11-12H2,1-2H3;1H3. The largest absolute Gasteiger partial charge is 0.338 e. The molecule has 0 bridgehead atoms. The van der Waals surface area contributed by atoms with Crippen molar-refractivity contribution in [2.75, 3.05) is 37.0 Å². The minimum Gasteiger partial charge on any atom is -0.338 e. The molecule has 3 rings (SSSR count). The van der Waals surface area contributed by atoms with Crippen molar-refractivity contribution in [3.8, 4) is 0 Å². The highest BCUT2D eigenvalue weighted by Gasteiger charge is 2.22. The van der Waals surface area contributed by atoms with E-state index in [4.69, 9.17) is 0 Å². The summed E-state index contributed by atoms with van der Waals surface area (Å²) in [5, 5.41) is 0. The lowest BCUT2D eigenvalue weighted by Gasteiger charge is -2.33. The highest BCUT2D eigenvalue weighted by atomic mass is 127. The van der Waals surface area contributed by atoms with Gasteiger partial charge in [-0.15, -0.1) is 0 Å². The Morgan fingerprint density at radius 1 is 0.905 bits per heavy atom. The van der Waals surface area contributed by atoms with Crippen molar-refractivity contribution < 1.29 is 0 Å². The Hall–Kier alpha value is -0.720. The molecule has 0 radical (unpaired) electrons. The molecule has 112 valence electrons. The summed E-state index contributed by atoms with van der Waals surface area (Å²) in [5.41, 5.74) is 2.65. The van der Waals surface area contributed by atoms with E-state index in [0.717, 1.165) is 13.1 Å². The molecule has 0 atom stereocenters. The van der Waals surface area contributed by atoms with E-state index in [0.29, 0.717) is 0 Å². The van der Waals surface area contributed by atoms with E-state index < -0.39 is 0 Å². The molecular formula is C17H21IN2S. The molecular weight excluding hydrogens is 391 g/mol. The Kier molecular flexibility index (Phi) is 6.39.